The van der Waals surface area contributed by atoms with Gasteiger partial charge in [-0.05, 0) is 30.4 Å². The summed E-state index contributed by atoms with van der Waals surface area (Å²) in [5.74, 6) is -2.87. The number of benzene rings is 1. The van der Waals surface area contributed by atoms with Crippen LogP contribution < -0.4 is 0 Å². The Labute approximate surface area is 180 Å². The Hall–Kier alpha value is -2.42. The zero-order valence-corrected chi connectivity index (χ0v) is 17.5. The highest BCUT2D eigenvalue weighted by molar-refractivity contribution is 6.32. The zero-order chi connectivity index (χ0) is 21.9. The van der Waals surface area contributed by atoms with Gasteiger partial charge in [0.25, 0.3) is 0 Å². The second-order valence-electron chi connectivity index (χ2n) is 7.10. The summed E-state index contributed by atoms with van der Waals surface area (Å²) in [6.07, 6.45) is 6.40. The van der Waals surface area contributed by atoms with Gasteiger partial charge in [0.2, 0.25) is 5.91 Å². The van der Waals surface area contributed by atoms with E-state index in [0.717, 1.165) is 62.8 Å². The number of rotatable bonds is 4. The van der Waals surface area contributed by atoms with E-state index >= 15 is 0 Å². The predicted octanol–water partition coefficient (Wildman–Crippen LogP) is 2.08. The van der Waals surface area contributed by atoms with Crippen LogP contribution >= 0.6 is 11.6 Å². The minimum atomic E-state index is -1.82. The first kappa shape index (κ1) is 23.9. The van der Waals surface area contributed by atoms with Gasteiger partial charge in [0.15, 0.2) is 0 Å². The van der Waals surface area contributed by atoms with Crippen molar-refractivity contribution in [2.24, 2.45) is 5.92 Å². The minimum Gasteiger partial charge on any atom is -0.473 e. The molecule has 1 aromatic rings. The molecule has 30 heavy (non-hydrogen) atoms. The third-order valence-corrected chi connectivity index (χ3v) is 5.34. The number of carbonyl (C=O) groups is 3. The van der Waals surface area contributed by atoms with Crippen molar-refractivity contribution in [3.05, 3.63) is 40.9 Å². The monoisotopic (exact) mass is 438 g/mol. The van der Waals surface area contributed by atoms with Crippen molar-refractivity contribution in [1.82, 2.24) is 9.80 Å². The average molecular weight is 439 g/mol. The number of carboxylic acid groups (broad SMARTS) is 2. The topological polar surface area (TPSA) is 107 Å². The molecular weight excluding hydrogens is 412 g/mol. The van der Waals surface area contributed by atoms with Crippen LogP contribution in [0.2, 0.25) is 5.02 Å². The van der Waals surface area contributed by atoms with Crippen LogP contribution in [0.5, 0.6) is 0 Å². The Balaban J connectivity index is 0.000000469. The van der Waals surface area contributed by atoms with Gasteiger partial charge in [0.05, 0.1) is 19.8 Å². The van der Waals surface area contributed by atoms with Crippen LogP contribution in [0.4, 0.5) is 0 Å². The van der Waals surface area contributed by atoms with Crippen LogP contribution in [0.1, 0.15) is 18.4 Å². The van der Waals surface area contributed by atoms with Crippen LogP contribution in [0.25, 0.3) is 6.08 Å². The fourth-order valence-corrected chi connectivity index (χ4v) is 3.44. The van der Waals surface area contributed by atoms with E-state index in [1.807, 2.05) is 29.2 Å². The third-order valence-electron chi connectivity index (χ3n) is 4.99. The molecule has 2 aliphatic heterocycles. The maximum atomic E-state index is 12.4. The Bertz CT molecular complexity index is 744. The Morgan fingerprint density at radius 3 is 2.20 bits per heavy atom. The highest BCUT2D eigenvalue weighted by Gasteiger charge is 2.23. The summed E-state index contributed by atoms with van der Waals surface area (Å²) < 4.78 is 5.33. The van der Waals surface area contributed by atoms with Crippen molar-refractivity contribution in [3.63, 3.8) is 0 Å². The van der Waals surface area contributed by atoms with Crippen LogP contribution in [-0.2, 0) is 19.1 Å². The molecule has 0 saturated carbocycles. The standard InChI is InChI=1S/C19H25ClN2O2.C2H2O4/c20-18-4-2-1-3-17(18)6-5-16-7-9-22(10-8-16)19(23)15-21-11-13-24-14-12-21;3-1(4)2(5)6/h1-6,16H,7-15H2;(H,3,4)(H,5,6)/b6-5+;. The molecule has 164 valence electrons. The molecule has 2 aliphatic rings. The molecule has 0 bridgehead atoms. The number of hydrogen-bond acceptors (Lipinski definition) is 5. The van der Waals surface area contributed by atoms with Crippen molar-refractivity contribution in [2.45, 2.75) is 12.8 Å². The summed E-state index contributed by atoms with van der Waals surface area (Å²) in [6, 6.07) is 7.88. The molecule has 0 atom stereocenters. The smallest absolute Gasteiger partial charge is 0.414 e. The van der Waals surface area contributed by atoms with E-state index in [9.17, 15) is 4.79 Å². The summed E-state index contributed by atoms with van der Waals surface area (Å²) in [5, 5.41) is 15.6. The fraction of sp³-hybridized carbons (Fsp3) is 0.476. The SMILES string of the molecule is O=C(CN1CCOCC1)N1CCC(/C=C/c2ccccc2Cl)CC1.O=C(O)C(=O)O. The molecule has 0 spiro atoms. The lowest BCUT2D eigenvalue weighted by molar-refractivity contribution is -0.159. The Morgan fingerprint density at radius 2 is 1.63 bits per heavy atom. The third kappa shape index (κ3) is 8.14. The first-order valence-electron chi connectivity index (χ1n) is 9.83. The molecule has 0 aliphatic carbocycles. The van der Waals surface area contributed by atoms with Gasteiger partial charge in [0, 0.05) is 31.2 Å². The number of halogens is 1. The molecule has 8 nitrogen and oxygen atoms in total. The summed E-state index contributed by atoms with van der Waals surface area (Å²) in [5.41, 5.74) is 1.06. The van der Waals surface area contributed by atoms with Gasteiger partial charge in [-0.25, -0.2) is 9.59 Å². The first-order valence-corrected chi connectivity index (χ1v) is 10.2. The lowest BCUT2D eigenvalue weighted by atomic mass is 9.95. The molecule has 1 aromatic carbocycles. The molecule has 0 radical (unpaired) electrons. The summed E-state index contributed by atoms with van der Waals surface area (Å²) >= 11 is 6.18. The van der Waals surface area contributed by atoms with Gasteiger partial charge < -0.3 is 19.8 Å². The first-order chi connectivity index (χ1) is 14.4. The molecule has 1 amide bonds. The number of hydrogen-bond donors (Lipinski definition) is 2. The highest BCUT2D eigenvalue weighted by atomic mass is 35.5. The molecule has 3 rings (SSSR count). The number of carbonyl (C=O) groups excluding carboxylic acids is 1. The molecule has 2 saturated heterocycles. The molecule has 2 fully saturated rings. The second kappa shape index (κ2) is 12.3. The Morgan fingerprint density at radius 1 is 1.03 bits per heavy atom. The number of nitrogens with zero attached hydrogens (tertiary/aromatic N) is 2. The van der Waals surface area contributed by atoms with E-state index in [4.69, 9.17) is 36.1 Å². The van der Waals surface area contributed by atoms with Crippen LogP contribution in [0.15, 0.2) is 30.3 Å². The van der Waals surface area contributed by atoms with Gasteiger partial charge in [-0.15, -0.1) is 0 Å². The van der Waals surface area contributed by atoms with E-state index in [1.54, 1.807) is 0 Å². The summed E-state index contributed by atoms with van der Waals surface area (Å²) in [7, 11) is 0. The van der Waals surface area contributed by atoms with Gasteiger partial charge in [0.1, 0.15) is 0 Å². The van der Waals surface area contributed by atoms with E-state index < -0.39 is 11.9 Å². The van der Waals surface area contributed by atoms with Gasteiger partial charge in [-0.2, -0.15) is 0 Å². The van der Waals surface area contributed by atoms with Gasteiger partial charge in [-0.1, -0.05) is 42.0 Å². The van der Waals surface area contributed by atoms with E-state index in [-0.39, 0.29) is 5.91 Å². The zero-order valence-electron chi connectivity index (χ0n) is 16.7. The lowest BCUT2D eigenvalue weighted by Crippen LogP contribution is -2.46. The molecular formula is C21H27ClN2O6. The fourth-order valence-electron chi connectivity index (χ4n) is 3.24. The van der Waals surface area contributed by atoms with Crippen molar-refractivity contribution in [1.29, 1.82) is 0 Å². The molecule has 0 aromatic heterocycles. The number of ether oxygens (including phenoxy) is 1. The largest absolute Gasteiger partial charge is 0.473 e. The van der Waals surface area contributed by atoms with E-state index in [2.05, 4.69) is 17.1 Å². The van der Waals surface area contributed by atoms with Crippen LogP contribution in [0, 0.1) is 5.92 Å². The van der Waals surface area contributed by atoms with Gasteiger partial charge in [-0.3, -0.25) is 9.69 Å². The summed E-state index contributed by atoms with van der Waals surface area (Å²) in [4.78, 5) is 34.8. The molecule has 0 unspecified atom stereocenters. The maximum absolute atomic E-state index is 12.4. The van der Waals surface area contributed by atoms with E-state index in [1.165, 1.54) is 0 Å². The van der Waals surface area contributed by atoms with Crippen molar-refractivity contribution in [3.8, 4) is 0 Å². The molecule has 2 heterocycles. The molecule has 2 N–H and O–H groups in total. The van der Waals surface area contributed by atoms with Crippen molar-refractivity contribution >= 4 is 35.5 Å². The number of piperidine rings is 1. The Kier molecular flexibility index (Phi) is 9.79. The number of carboxylic acids is 2. The van der Waals surface area contributed by atoms with Crippen LogP contribution in [0.3, 0.4) is 0 Å². The lowest BCUT2D eigenvalue weighted by Gasteiger charge is -2.33. The average Bonchev–Trinajstić information content (AvgIpc) is 2.74. The van der Waals surface area contributed by atoms with Crippen molar-refractivity contribution < 1.29 is 29.3 Å². The van der Waals surface area contributed by atoms with Crippen molar-refractivity contribution in [2.75, 3.05) is 45.9 Å². The quantitative estimate of drug-likeness (QED) is 0.693. The number of likely N-dealkylation sites (tertiary alicyclic amines) is 1. The predicted molar refractivity (Wildman–Crippen MR) is 112 cm³/mol. The number of aliphatic carboxylic acids is 2. The number of morpholine rings is 1. The van der Waals surface area contributed by atoms with Crippen LogP contribution in [-0.4, -0.2) is 83.8 Å². The van der Waals surface area contributed by atoms with E-state index in [0.29, 0.717) is 12.5 Å². The molecule has 9 heteroatoms. The van der Waals surface area contributed by atoms with Gasteiger partial charge >= 0.3 is 11.9 Å². The normalized spacial score (nSPS) is 18.0. The minimum absolute atomic E-state index is 0.255. The number of amides is 1. The second-order valence-corrected chi connectivity index (χ2v) is 7.50. The number of allylic oxidation sites excluding steroid dienone is 1. The summed E-state index contributed by atoms with van der Waals surface area (Å²) in [6.45, 7) is 5.43. The highest BCUT2D eigenvalue weighted by Crippen LogP contribution is 2.22. The maximum Gasteiger partial charge on any atom is 0.414 e.